The highest BCUT2D eigenvalue weighted by atomic mass is 16.2. The second-order valence-corrected chi connectivity index (χ2v) is 7.29. The summed E-state index contributed by atoms with van der Waals surface area (Å²) in [7, 11) is 0. The summed E-state index contributed by atoms with van der Waals surface area (Å²) < 4.78 is 0. The van der Waals surface area contributed by atoms with E-state index >= 15 is 0 Å². The van der Waals surface area contributed by atoms with Gasteiger partial charge in [0.1, 0.15) is 0 Å². The highest BCUT2D eigenvalue weighted by Gasteiger charge is 2.26. The maximum atomic E-state index is 12.5. The van der Waals surface area contributed by atoms with E-state index in [0.717, 1.165) is 57.4 Å². The Morgan fingerprint density at radius 3 is 2.72 bits per heavy atom. The van der Waals surface area contributed by atoms with E-state index in [1.807, 2.05) is 4.90 Å². The summed E-state index contributed by atoms with van der Waals surface area (Å²) in [5.74, 6) is 0.242. The Kier molecular flexibility index (Phi) is 5.95. The van der Waals surface area contributed by atoms with Crippen molar-refractivity contribution in [3.05, 3.63) is 29.8 Å². The van der Waals surface area contributed by atoms with Crippen molar-refractivity contribution < 1.29 is 9.59 Å². The summed E-state index contributed by atoms with van der Waals surface area (Å²) in [6.07, 6.45) is 5.56. The molecule has 2 fully saturated rings. The summed E-state index contributed by atoms with van der Waals surface area (Å²) >= 11 is 0. The minimum absolute atomic E-state index is 0.101. The molecule has 2 heterocycles. The van der Waals surface area contributed by atoms with Gasteiger partial charge in [-0.3, -0.25) is 9.59 Å². The Morgan fingerprint density at radius 1 is 1.16 bits per heavy atom. The number of amides is 2. The van der Waals surface area contributed by atoms with Crippen LogP contribution in [0.1, 0.15) is 44.1 Å². The average molecular weight is 343 g/mol. The summed E-state index contributed by atoms with van der Waals surface area (Å²) in [6, 6.07) is 8.81. The van der Waals surface area contributed by atoms with Crippen LogP contribution in [-0.4, -0.2) is 53.8 Å². The molecule has 0 atom stereocenters. The van der Waals surface area contributed by atoms with Crippen molar-refractivity contribution in [1.82, 2.24) is 9.80 Å². The molecule has 0 aromatic heterocycles. The Balaban J connectivity index is 1.46. The van der Waals surface area contributed by atoms with Gasteiger partial charge in [0.2, 0.25) is 11.8 Å². The van der Waals surface area contributed by atoms with E-state index in [1.165, 1.54) is 5.56 Å². The zero-order valence-corrected chi connectivity index (χ0v) is 15.2. The van der Waals surface area contributed by atoms with Crippen LogP contribution in [0.4, 0.5) is 5.69 Å². The fourth-order valence-corrected chi connectivity index (χ4v) is 3.71. The number of aryl methyl sites for hydroxylation is 1. The Morgan fingerprint density at radius 2 is 1.96 bits per heavy atom. The quantitative estimate of drug-likeness (QED) is 0.915. The molecule has 5 nitrogen and oxygen atoms in total. The number of carbonyl (C=O) groups excluding carboxylic acids is 2. The number of hydrogen-bond donors (Lipinski definition) is 1. The van der Waals surface area contributed by atoms with Gasteiger partial charge < -0.3 is 15.1 Å². The minimum Gasteiger partial charge on any atom is -0.382 e. The third-order valence-electron chi connectivity index (χ3n) is 5.23. The van der Waals surface area contributed by atoms with Gasteiger partial charge in [-0.1, -0.05) is 18.6 Å². The van der Waals surface area contributed by atoms with Crippen molar-refractivity contribution in [2.75, 3.05) is 31.5 Å². The van der Waals surface area contributed by atoms with Gasteiger partial charge in [0.25, 0.3) is 0 Å². The van der Waals surface area contributed by atoms with Crippen LogP contribution in [0.3, 0.4) is 0 Å². The molecule has 136 valence electrons. The molecule has 1 N–H and O–H groups in total. The lowest BCUT2D eigenvalue weighted by Gasteiger charge is -2.34. The van der Waals surface area contributed by atoms with Crippen molar-refractivity contribution >= 4 is 17.5 Å². The zero-order valence-electron chi connectivity index (χ0n) is 15.2. The number of carbonyl (C=O) groups is 2. The van der Waals surface area contributed by atoms with E-state index in [4.69, 9.17) is 0 Å². The van der Waals surface area contributed by atoms with Crippen LogP contribution < -0.4 is 5.32 Å². The van der Waals surface area contributed by atoms with Crippen LogP contribution in [0, 0.1) is 6.92 Å². The number of anilines is 1. The maximum absolute atomic E-state index is 12.5. The summed E-state index contributed by atoms with van der Waals surface area (Å²) in [4.78, 5) is 28.3. The molecule has 1 aromatic carbocycles. The van der Waals surface area contributed by atoms with E-state index in [9.17, 15) is 9.59 Å². The maximum Gasteiger partial charge on any atom is 0.242 e. The molecule has 0 spiro atoms. The fraction of sp³-hybridized carbons (Fsp3) is 0.600. The van der Waals surface area contributed by atoms with Crippen molar-refractivity contribution in [3.8, 4) is 0 Å². The molecule has 2 saturated heterocycles. The molecule has 2 amide bonds. The summed E-state index contributed by atoms with van der Waals surface area (Å²) in [5, 5.41) is 3.58. The first-order valence-corrected chi connectivity index (χ1v) is 9.50. The molecule has 0 unspecified atom stereocenters. The van der Waals surface area contributed by atoms with Crippen LogP contribution in [0.2, 0.25) is 0 Å². The highest BCUT2D eigenvalue weighted by molar-refractivity contribution is 5.85. The van der Waals surface area contributed by atoms with Crippen molar-refractivity contribution in [2.24, 2.45) is 0 Å². The Bertz CT molecular complexity index is 609. The molecule has 1 aromatic rings. The monoisotopic (exact) mass is 343 g/mol. The van der Waals surface area contributed by atoms with E-state index in [2.05, 4.69) is 36.5 Å². The molecule has 0 saturated carbocycles. The molecular weight excluding hydrogens is 314 g/mol. The Hall–Kier alpha value is -2.04. The molecule has 25 heavy (non-hydrogen) atoms. The number of piperidine rings is 1. The van der Waals surface area contributed by atoms with Gasteiger partial charge in [0.15, 0.2) is 0 Å². The van der Waals surface area contributed by atoms with E-state index in [-0.39, 0.29) is 18.4 Å². The van der Waals surface area contributed by atoms with Gasteiger partial charge >= 0.3 is 0 Å². The standard InChI is InChI=1S/C20H29N3O2/c1-16-6-5-7-18(14-16)21-17-9-12-22(13-10-17)20(25)15-23-11-4-2-3-8-19(23)24/h5-7,14,17,21H,2-4,8-13,15H2,1H3. The van der Waals surface area contributed by atoms with Crippen molar-refractivity contribution in [3.63, 3.8) is 0 Å². The number of nitrogens with zero attached hydrogens (tertiary/aromatic N) is 2. The lowest BCUT2D eigenvalue weighted by Crippen LogP contribution is -2.47. The number of nitrogens with one attached hydrogen (secondary N) is 1. The zero-order chi connectivity index (χ0) is 17.6. The molecule has 0 bridgehead atoms. The first-order chi connectivity index (χ1) is 12.1. The predicted molar refractivity (Wildman–Crippen MR) is 99.5 cm³/mol. The highest BCUT2D eigenvalue weighted by Crippen LogP contribution is 2.18. The SMILES string of the molecule is Cc1cccc(NC2CCN(C(=O)CN3CCCCCC3=O)CC2)c1. The van der Waals surface area contributed by atoms with Gasteiger partial charge in [-0.25, -0.2) is 0 Å². The van der Waals surface area contributed by atoms with Gasteiger partial charge in [0.05, 0.1) is 6.54 Å². The second-order valence-electron chi connectivity index (χ2n) is 7.29. The molecule has 2 aliphatic heterocycles. The minimum atomic E-state index is 0.101. The summed E-state index contributed by atoms with van der Waals surface area (Å²) in [6.45, 7) is 4.62. The topological polar surface area (TPSA) is 52.7 Å². The van der Waals surface area contributed by atoms with Gasteiger partial charge in [-0.15, -0.1) is 0 Å². The summed E-state index contributed by atoms with van der Waals surface area (Å²) in [5.41, 5.74) is 2.40. The molecule has 2 aliphatic rings. The third kappa shape index (κ3) is 4.97. The van der Waals surface area contributed by atoms with Crippen LogP contribution in [0.5, 0.6) is 0 Å². The molecule has 5 heteroatoms. The predicted octanol–water partition coefficient (Wildman–Crippen LogP) is 2.80. The molecular formula is C20H29N3O2. The molecule has 0 aliphatic carbocycles. The number of benzene rings is 1. The molecule has 0 radical (unpaired) electrons. The third-order valence-corrected chi connectivity index (χ3v) is 5.23. The Labute approximate surface area is 150 Å². The van der Waals surface area contributed by atoms with E-state index in [1.54, 1.807) is 4.90 Å². The van der Waals surface area contributed by atoms with Crippen LogP contribution >= 0.6 is 0 Å². The largest absolute Gasteiger partial charge is 0.382 e. The fourth-order valence-electron chi connectivity index (χ4n) is 3.71. The number of likely N-dealkylation sites (tertiary alicyclic amines) is 2. The van der Waals surface area contributed by atoms with Crippen molar-refractivity contribution in [1.29, 1.82) is 0 Å². The number of rotatable bonds is 4. The molecule has 3 rings (SSSR count). The second kappa shape index (κ2) is 8.37. The van der Waals surface area contributed by atoms with Gasteiger partial charge in [0, 0.05) is 37.8 Å². The van der Waals surface area contributed by atoms with Crippen molar-refractivity contribution in [2.45, 2.75) is 51.5 Å². The lowest BCUT2D eigenvalue weighted by atomic mass is 10.0. The first-order valence-electron chi connectivity index (χ1n) is 9.50. The van der Waals surface area contributed by atoms with Gasteiger partial charge in [-0.05, 0) is 50.3 Å². The average Bonchev–Trinajstić information content (AvgIpc) is 2.80. The van der Waals surface area contributed by atoms with Crippen LogP contribution in [0.15, 0.2) is 24.3 Å². The van der Waals surface area contributed by atoms with Gasteiger partial charge in [-0.2, -0.15) is 0 Å². The van der Waals surface area contributed by atoms with E-state index < -0.39 is 0 Å². The van der Waals surface area contributed by atoms with Crippen LogP contribution in [0.25, 0.3) is 0 Å². The lowest BCUT2D eigenvalue weighted by molar-refractivity contribution is -0.140. The van der Waals surface area contributed by atoms with E-state index in [0.29, 0.717) is 12.5 Å². The smallest absolute Gasteiger partial charge is 0.242 e. The normalized spacial score (nSPS) is 19.6. The first kappa shape index (κ1) is 17.8. The number of hydrogen-bond acceptors (Lipinski definition) is 3. The van der Waals surface area contributed by atoms with Crippen LogP contribution in [-0.2, 0) is 9.59 Å².